The van der Waals surface area contributed by atoms with Crippen LogP contribution >= 0.6 is 0 Å². The maximum Gasteiger partial charge on any atom is -0.0348 e. The first kappa shape index (κ1) is 35.0. The molecule has 36 heavy (non-hydrogen) atoms. The van der Waals surface area contributed by atoms with E-state index in [0.29, 0.717) is 0 Å². The fraction of sp³-hybridized carbons (Fsp3) is 0.778. The molecule has 0 aliphatic heterocycles. The zero-order valence-corrected chi connectivity index (χ0v) is 25.3. The Kier molecular flexibility index (Phi) is 29.3. The summed E-state index contributed by atoms with van der Waals surface area (Å²) in [6.07, 6.45) is 48.6. The van der Waals surface area contributed by atoms with Crippen molar-refractivity contribution in [1.82, 2.24) is 0 Å². The highest BCUT2D eigenvalue weighted by Gasteiger charge is 2.11. The molecule has 0 aromatic rings. The minimum Gasteiger partial charge on any atom is -0.0885 e. The van der Waals surface area contributed by atoms with Crippen molar-refractivity contribution in [3.63, 3.8) is 0 Å². The Hall–Kier alpha value is -1.04. The Bertz CT molecular complexity index is 474. The minimum absolute atomic E-state index is 0.804. The van der Waals surface area contributed by atoms with Gasteiger partial charge in [0.05, 0.1) is 0 Å². The lowest BCUT2D eigenvalue weighted by atomic mass is 9.87. The van der Waals surface area contributed by atoms with E-state index >= 15 is 0 Å². The van der Waals surface area contributed by atoms with Gasteiger partial charge in [0.1, 0.15) is 0 Å². The van der Waals surface area contributed by atoms with Gasteiger partial charge in [-0.05, 0) is 102 Å². The molecule has 210 valence electrons. The lowest BCUT2D eigenvalue weighted by Gasteiger charge is -2.19. The summed E-state index contributed by atoms with van der Waals surface area (Å²) < 4.78 is 0. The number of rotatable bonds is 27. The Labute approximate surface area is 229 Å². The van der Waals surface area contributed by atoms with Crippen LogP contribution in [0.4, 0.5) is 0 Å². The van der Waals surface area contributed by atoms with Crippen LogP contribution in [0.3, 0.4) is 0 Å². The van der Waals surface area contributed by atoms with Gasteiger partial charge in [-0.1, -0.05) is 128 Å². The second kappa shape index (κ2) is 30.2. The topological polar surface area (TPSA) is 0 Å². The monoisotopic (exact) mass is 499 g/mol. The molecule has 0 nitrogen and oxygen atoms in total. The van der Waals surface area contributed by atoms with E-state index < -0.39 is 0 Å². The van der Waals surface area contributed by atoms with Crippen LogP contribution in [0.1, 0.15) is 169 Å². The molecule has 0 fully saturated rings. The molecule has 0 aromatic heterocycles. The quantitative estimate of drug-likeness (QED) is 0.0780. The number of hydrogen-bond donors (Lipinski definition) is 0. The van der Waals surface area contributed by atoms with Crippen molar-refractivity contribution in [2.45, 2.75) is 169 Å². The van der Waals surface area contributed by atoms with Crippen LogP contribution in [0.2, 0.25) is 0 Å². The molecule has 0 aliphatic carbocycles. The van der Waals surface area contributed by atoms with Crippen molar-refractivity contribution in [1.29, 1.82) is 0 Å². The molecule has 0 heterocycles. The van der Waals surface area contributed by atoms with Crippen LogP contribution in [0.25, 0.3) is 0 Å². The third-order valence-corrected chi connectivity index (χ3v) is 7.45. The lowest BCUT2D eigenvalue weighted by molar-refractivity contribution is 0.341. The Morgan fingerprint density at radius 3 is 0.917 bits per heavy atom. The van der Waals surface area contributed by atoms with E-state index in [1.807, 2.05) is 0 Å². The second-order valence-electron chi connectivity index (χ2n) is 11.3. The molecule has 0 aromatic carbocycles. The van der Waals surface area contributed by atoms with E-state index in [1.165, 1.54) is 141 Å². The van der Waals surface area contributed by atoms with Gasteiger partial charge in [-0.15, -0.1) is 0 Å². The van der Waals surface area contributed by atoms with E-state index in [1.54, 1.807) is 0 Å². The summed E-state index contributed by atoms with van der Waals surface area (Å²) in [6, 6.07) is 0. The number of allylic oxidation sites excluding steroid dienone is 8. The van der Waals surface area contributed by atoms with Crippen LogP contribution < -0.4 is 0 Å². The average Bonchev–Trinajstić information content (AvgIpc) is 2.87. The third kappa shape index (κ3) is 27.5. The van der Waals surface area contributed by atoms with Gasteiger partial charge in [-0.3, -0.25) is 0 Å². The van der Waals surface area contributed by atoms with Gasteiger partial charge in [0.2, 0.25) is 0 Å². The SMILES string of the molecule is CCCC/C=C/CCCCCC/C=C/CCC(CC/C=C/CCCCCC/C=C/CCCC)C(C)C. The van der Waals surface area contributed by atoms with Crippen molar-refractivity contribution >= 4 is 0 Å². The summed E-state index contributed by atoms with van der Waals surface area (Å²) in [5.74, 6) is 1.67. The van der Waals surface area contributed by atoms with E-state index in [-0.39, 0.29) is 0 Å². The van der Waals surface area contributed by atoms with E-state index in [2.05, 4.69) is 76.3 Å². The first-order valence-electron chi connectivity index (χ1n) is 16.3. The van der Waals surface area contributed by atoms with Crippen LogP contribution in [0.15, 0.2) is 48.6 Å². The molecule has 0 radical (unpaired) electrons. The van der Waals surface area contributed by atoms with Crippen molar-refractivity contribution in [2.24, 2.45) is 11.8 Å². The van der Waals surface area contributed by atoms with Crippen molar-refractivity contribution in [3.8, 4) is 0 Å². The van der Waals surface area contributed by atoms with Crippen LogP contribution in [-0.4, -0.2) is 0 Å². The molecule has 0 spiro atoms. The maximum absolute atomic E-state index is 2.46. The van der Waals surface area contributed by atoms with E-state index in [0.717, 1.165) is 11.8 Å². The van der Waals surface area contributed by atoms with Gasteiger partial charge in [0.25, 0.3) is 0 Å². The molecule has 0 unspecified atom stereocenters. The van der Waals surface area contributed by atoms with Gasteiger partial charge in [-0.25, -0.2) is 0 Å². The normalized spacial score (nSPS) is 12.7. The van der Waals surface area contributed by atoms with Crippen molar-refractivity contribution in [3.05, 3.63) is 48.6 Å². The molecule has 0 rings (SSSR count). The van der Waals surface area contributed by atoms with Gasteiger partial charge >= 0.3 is 0 Å². The van der Waals surface area contributed by atoms with Crippen LogP contribution in [0.5, 0.6) is 0 Å². The fourth-order valence-corrected chi connectivity index (χ4v) is 4.77. The molecular formula is C36H66. The molecule has 0 atom stereocenters. The molecule has 0 saturated carbocycles. The van der Waals surface area contributed by atoms with Crippen LogP contribution in [0, 0.1) is 11.8 Å². The van der Waals surface area contributed by atoms with Gasteiger partial charge in [0, 0.05) is 0 Å². The van der Waals surface area contributed by atoms with Crippen molar-refractivity contribution in [2.75, 3.05) is 0 Å². The fourth-order valence-electron chi connectivity index (χ4n) is 4.77. The smallest absolute Gasteiger partial charge is 0.0348 e. The Balaban J connectivity index is 3.62. The molecule has 0 N–H and O–H groups in total. The summed E-state index contributed by atoms with van der Waals surface area (Å²) in [4.78, 5) is 0. The largest absolute Gasteiger partial charge is 0.0885 e. The zero-order chi connectivity index (χ0) is 26.4. The summed E-state index contributed by atoms with van der Waals surface area (Å²) in [5.41, 5.74) is 0. The molecule has 0 amide bonds. The summed E-state index contributed by atoms with van der Waals surface area (Å²) in [5, 5.41) is 0. The number of hydrogen-bond acceptors (Lipinski definition) is 0. The van der Waals surface area contributed by atoms with Crippen LogP contribution in [-0.2, 0) is 0 Å². The van der Waals surface area contributed by atoms with Crippen molar-refractivity contribution < 1.29 is 0 Å². The van der Waals surface area contributed by atoms with Gasteiger partial charge in [-0.2, -0.15) is 0 Å². The third-order valence-electron chi connectivity index (χ3n) is 7.45. The van der Waals surface area contributed by atoms with E-state index in [4.69, 9.17) is 0 Å². The highest BCUT2D eigenvalue weighted by molar-refractivity contribution is 4.86. The molecule has 0 saturated heterocycles. The summed E-state index contributed by atoms with van der Waals surface area (Å²) >= 11 is 0. The molecule has 0 bridgehead atoms. The standard InChI is InChI=1S/C36H66/c1-5-7-9-11-13-15-17-19-21-23-25-27-29-31-33-36(35(3)4)34-32-30-28-26-24-22-20-18-16-14-12-10-8-6-2/h11-14,27-30,35-36H,5-10,15-26,31-34H2,1-4H3/b13-11+,14-12+,29-27+,30-28+. The highest BCUT2D eigenvalue weighted by atomic mass is 14.2. The first-order chi connectivity index (χ1) is 17.7. The van der Waals surface area contributed by atoms with Gasteiger partial charge in [0.15, 0.2) is 0 Å². The lowest BCUT2D eigenvalue weighted by Crippen LogP contribution is -2.08. The molecule has 0 aliphatic rings. The maximum atomic E-state index is 2.46. The minimum atomic E-state index is 0.804. The number of unbranched alkanes of at least 4 members (excludes halogenated alkanes) is 14. The average molecular weight is 499 g/mol. The predicted octanol–water partition coefficient (Wildman–Crippen LogP) is 13.1. The zero-order valence-electron chi connectivity index (χ0n) is 25.3. The highest BCUT2D eigenvalue weighted by Crippen LogP contribution is 2.23. The molecular weight excluding hydrogens is 432 g/mol. The summed E-state index contributed by atoms with van der Waals surface area (Å²) in [7, 11) is 0. The molecule has 0 heteroatoms. The van der Waals surface area contributed by atoms with Gasteiger partial charge < -0.3 is 0 Å². The first-order valence-corrected chi connectivity index (χ1v) is 16.3. The predicted molar refractivity (Wildman–Crippen MR) is 168 cm³/mol. The second-order valence-corrected chi connectivity index (χ2v) is 11.3. The summed E-state index contributed by atoms with van der Waals surface area (Å²) in [6.45, 7) is 9.36. The Morgan fingerprint density at radius 1 is 0.361 bits per heavy atom. The van der Waals surface area contributed by atoms with E-state index in [9.17, 15) is 0 Å². The Morgan fingerprint density at radius 2 is 0.639 bits per heavy atom.